The van der Waals surface area contributed by atoms with Gasteiger partial charge >= 0.3 is 6.18 Å². The number of carbonyl (C=O) groups is 1. The largest absolute Gasteiger partial charge is 0.418 e. The molecule has 2 aromatic rings. The second-order valence-corrected chi connectivity index (χ2v) is 5.64. The molecule has 0 spiro atoms. The molecule has 0 saturated heterocycles. The molecule has 3 nitrogen and oxygen atoms in total. The first-order valence-electron chi connectivity index (χ1n) is 6.74. The highest BCUT2D eigenvalue weighted by atomic mass is 35.5. The van der Waals surface area contributed by atoms with Crippen molar-refractivity contribution >= 4 is 28.9 Å². The van der Waals surface area contributed by atoms with Gasteiger partial charge < -0.3 is 10.2 Å². The fourth-order valence-electron chi connectivity index (χ4n) is 2.02. The minimum Gasteiger partial charge on any atom is -0.378 e. The van der Waals surface area contributed by atoms with E-state index in [4.69, 9.17) is 11.6 Å². The summed E-state index contributed by atoms with van der Waals surface area (Å²) in [5.74, 6) is -1.91. The maximum absolute atomic E-state index is 13.7. The predicted octanol–water partition coefficient (Wildman–Crippen LogP) is 4.82. The number of hydrogen-bond acceptors (Lipinski definition) is 2. The van der Waals surface area contributed by atoms with E-state index in [9.17, 15) is 22.4 Å². The van der Waals surface area contributed by atoms with Crippen LogP contribution < -0.4 is 10.2 Å². The first-order valence-corrected chi connectivity index (χ1v) is 7.12. The number of rotatable bonds is 3. The van der Waals surface area contributed by atoms with Gasteiger partial charge in [-0.1, -0.05) is 11.6 Å². The minimum atomic E-state index is -4.67. The van der Waals surface area contributed by atoms with Crippen molar-refractivity contribution < 1.29 is 22.4 Å². The van der Waals surface area contributed by atoms with Crippen LogP contribution >= 0.6 is 11.6 Å². The van der Waals surface area contributed by atoms with E-state index < -0.39 is 34.7 Å². The van der Waals surface area contributed by atoms with Gasteiger partial charge in [-0.3, -0.25) is 4.79 Å². The van der Waals surface area contributed by atoms with Gasteiger partial charge in [0.1, 0.15) is 5.82 Å². The lowest BCUT2D eigenvalue weighted by molar-refractivity contribution is -0.136. The summed E-state index contributed by atoms with van der Waals surface area (Å²) >= 11 is 5.59. The van der Waals surface area contributed by atoms with Gasteiger partial charge in [0, 0.05) is 24.8 Å². The van der Waals surface area contributed by atoms with Gasteiger partial charge in [0.25, 0.3) is 5.91 Å². The highest BCUT2D eigenvalue weighted by Gasteiger charge is 2.34. The van der Waals surface area contributed by atoms with E-state index in [2.05, 4.69) is 5.32 Å². The van der Waals surface area contributed by atoms with Crippen LogP contribution in [0.4, 0.5) is 28.9 Å². The maximum atomic E-state index is 13.7. The number of anilines is 2. The van der Waals surface area contributed by atoms with Gasteiger partial charge in [0.2, 0.25) is 0 Å². The van der Waals surface area contributed by atoms with Crippen LogP contribution in [0.3, 0.4) is 0 Å². The van der Waals surface area contributed by atoms with E-state index in [1.165, 1.54) is 17.0 Å². The number of carbonyl (C=O) groups excluding carboxylic acids is 1. The highest BCUT2D eigenvalue weighted by Crippen LogP contribution is 2.37. The lowest BCUT2D eigenvalue weighted by Crippen LogP contribution is -2.19. The number of nitrogens with one attached hydrogen (secondary N) is 1. The SMILES string of the molecule is CN(C)c1ccc(NC(=O)c2ccc(Cl)cc2F)c(C(F)(F)F)c1. The van der Waals surface area contributed by atoms with Crippen LogP contribution in [-0.4, -0.2) is 20.0 Å². The summed E-state index contributed by atoms with van der Waals surface area (Å²) in [6.45, 7) is 0. The molecule has 0 aliphatic carbocycles. The Morgan fingerprint density at radius 3 is 2.33 bits per heavy atom. The van der Waals surface area contributed by atoms with Crippen molar-refractivity contribution in [3.05, 3.63) is 58.4 Å². The number of nitrogens with zero attached hydrogens (tertiary/aromatic N) is 1. The zero-order chi connectivity index (χ0) is 18.1. The van der Waals surface area contributed by atoms with E-state index in [1.807, 2.05) is 0 Å². The molecule has 0 aliphatic heterocycles. The number of hydrogen-bond donors (Lipinski definition) is 1. The molecular weight excluding hydrogens is 348 g/mol. The van der Waals surface area contributed by atoms with Crippen LogP contribution in [0.15, 0.2) is 36.4 Å². The molecule has 24 heavy (non-hydrogen) atoms. The summed E-state index contributed by atoms with van der Waals surface area (Å²) in [6.07, 6.45) is -4.67. The molecule has 1 N–H and O–H groups in total. The molecule has 0 bridgehead atoms. The summed E-state index contributed by atoms with van der Waals surface area (Å²) in [7, 11) is 3.19. The van der Waals surface area contributed by atoms with Crippen molar-refractivity contribution in [3.8, 4) is 0 Å². The van der Waals surface area contributed by atoms with Gasteiger partial charge in [-0.15, -0.1) is 0 Å². The van der Waals surface area contributed by atoms with Crippen molar-refractivity contribution in [1.82, 2.24) is 0 Å². The summed E-state index contributed by atoms with van der Waals surface area (Å²) in [5.41, 5.74) is -1.55. The summed E-state index contributed by atoms with van der Waals surface area (Å²) in [5, 5.41) is 2.18. The van der Waals surface area contributed by atoms with Crippen LogP contribution in [-0.2, 0) is 6.18 Å². The summed E-state index contributed by atoms with van der Waals surface area (Å²) < 4.78 is 53.4. The van der Waals surface area contributed by atoms with E-state index in [1.54, 1.807) is 14.1 Å². The fraction of sp³-hybridized carbons (Fsp3) is 0.188. The zero-order valence-corrected chi connectivity index (χ0v) is 13.5. The lowest BCUT2D eigenvalue weighted by atomic mass is 10.1. The number of amides is 1. The molecule has 2 aromatic carbocycles. The molecule has 128 valence electrons. The second-order valence-electron chi connectivity index (χ2n) is 5.20. The van der Waals surface area contributed by atoms with Crippen molar-refractivity contribution in [2.75, 3.05) is 24.3 Å². The van der Waals surface area contributed by atoms with Crippen molar-refractivity contribution in [2.45, 2.75) is 6.18 Å². The topological polar surface area (TPSA) is 32.3 Å². The molecule has 0 unspecified atom stereocenters. The maximum Gasteiger partial charge on any atom is 0.418 e. The quantitative estimate of drug-likeness (QED) is 0.796. The third-order valence-electron chi connectivity index (χ3n) is 3.25. The molecule has 0 radical (unpaired) electrons. The molecule has 0 fully saturated rings. The number of halogens is 5. The first-order chi connectivity index (χ1) is 11.1. The van der Waals surface area contributed by atoms with Gasteiger partial charge in [-0.05, 0) is 36.4 Å². The molecule has 1 amide bonds. The zero-order valence-electron chi connectivity index (χ0n) is 12.7. The fourth-order valence-corrected chi connectivity index (χ4v) is 2.18. The Balaban J connectivity index is 2.40. The van der Waals surface area contributed by atoms with Crippen LogP contribution in [0.1, 0.15) is 15.9 Å². The van der Waals surface area contributed by atoms with Crippen molar-refractivity contribution in [3.63, 3.8) is 0 Å². The lowest BCUT2D eigenvalue weighted by Gasteiger charge is -2.18. The normalized spacial score (nSPS) is 11.3. The third-order valence-corrected chi connectivity index (χ3v) is 3.48. The molecule has 2 rings (SSSR count). The molecule has 0 aliphatic rings. The molecule has 0 atom stereocenters. The van der Waals surface area contributed by atoms with Crippen LogP contribution in [0, 0.1) is 5.82 Å². The molecule has 0 heterocycles. The smallest absolute Gasteiger partial charge is 0.378 e. The Hall–Kier alpha value is -2.28. The van der Waals surface area contributed by atoms with Gasteiger partial charge in [0.15, 0.2) is 0 Å². The van der Waals surface area contributed by atoms with Crippen LogP contribution in [0.5, 0.6) is 0 Å². The van der Waals surface area contributed by atoms with Crippen molar-refractivity contribution in [1.29, 1.82) is 0 Å². The predicted molar refractivity (Wildman–Crippen MR) is 85.1 cm³/mol. The number of benzene rings is 2. The first kappa shape index (κ1) is 18.1. The van der Waals surface area contributed by atoms with Gasteiger partial charge in [0.05, 0.1) is 16.8 Å². The standard InChI is InChI=1S/C16H13ClF4N2O/c1-23(2)10-4-6-14(12(8-10)16(19,20)21)22-15(24)11-5-3-9(17)7-13(11)18/h3-8H,1-2H3,(H,22,24). The van der Waals surface area contributed by atoms with Crippen molar-refractivity contribution in [2.24, 2.45) is 0 Å². The Bertz CT molecular complexity index is 775. The van der Waals surface area contributed by atoms with Crippen LogP contribution in [0.25, 0.3) is 0 Å². The summed E-state index contributed by atoms with van der Waals surface area (Å²) in [4.78, 5) is 13.6. The average molecular weight is 361 g/mol. The minimum absolute atomic E-state index is 0.0790. The van der Waals surface area contributed by atoms with E-state index in [0.29, 0.717) is 5.69 Å². The third kappa shape index (κ3) is 3.97. The van der Waals surface area contributed by atoms with E-state index in [0.717, 1.165) is 24.3 Å². The van der Waals surface area contributed by atoms with Gasteiger partial charge in [-0.2, -0.15) is 13.2 Å². The Morgan fingerprint density at radius 1 is 1.12 bits per heavy atom. The van der Waals surface area contributed by atoms with E-state index in [-0.39, 0.29) is 5.02 Å². The molecular formula is C16H13ClF4N2O. The Labute approximate surface area is 140 Å². The summed E-state index contributed by atoms with van der Waals surface area (Å²) in [6, 6.07) is 6.75. The average Bonchev–Trinajstić information content (AvgIpc) is 2.45. The molecule has 0 aromatic heterocycles. The monoisotopic (exact) mass is 360 g/mol. The second kappa shape index (κ2) is 6.68. The van der Waals surface area contributed by atoms with E-state index >= 15 is 0 Å². The van der Waals surface area contributed by atoms with Crippen LogP contribution in [0.2, 0.25) is 5.02 Å². The number of alkyl halides is 3. The molecule has 8 heteroatoms. The van der Waals surface area contributed by atoms with Gasteiger partial charge in [-0.25, -0.2) is 4.39 Å². The highest BCUT2D eigenvalue weighted by molar-refractivity contribution is 6.30. The molecule has 0 saturated carbocycles. The Kier molecular flexibility index (Phi) is 5.03. The Morgan fingerprint density at radius 2 is 1.79 bits per heavy atom.